The summed E-state index contributed by atoms with van der Waals surface area (Å²) in [6.07, 6.45) is 2.35. The van der Waals surface area contributed by atoms with Crippen molar-refractivity contribution in [2.24, 2.45) is 10.9 Å². The second-order valence-electron chi connectivity index (χ2n) is 7.70. The van der Waals surface area contributed by atoms with E-state index in [0.29, 0.717) is 5.92 Å². The summed E-state index contributed by atoms with van der Waals surface area (Å²) in [5, 5.41) is 6.98. The number of hydrogen-bond acceptors (Lipinski definition) is 4. The molecule has 3 rings (SSSR count). The zero-order chi connectivity index (χ0) is 19.9. The van der Waals surface area contributed by atoms with Crippen molar-refractivity contribution in [1.82, 2.24) is 20.5 Å². The fourth-order valence-electron chi connectivity index (χ4n) is 3.61. The Morgan fingerprint density at radius 1 is 1.24 bits per heavy atom. The molecule has 0 spiro atoms. The predicted molar refractivity (Wildman–Crippen MR) is 129 cm³/mol. The predicted octanol–water partition coefficient (Wildman–Crippen LogP) is 4.05. The topological polar surface area (TPSA) is 65.7 Å². The van der Waals surface area contributed by atoms with E-state index in [2.05, 4.69) is 56.7 Å². The van der Waals surface area contributed by atoms with E-state index in [1.54, 1.807) is 0 Å². The van der Waals surface area contributed by atoms with E-state index in [1.807, 2.05) is 27.0 Å². The number of nitrogens with zero attached hydrogens (tertiary/aromatic N) is 3. The first-order chi connectivity index (χ1) is 13.5. The van der Waals surface area contributed by atoms with Crippen LogP contribution in [0.25, 0.3) is 0 Å². The van der Waals surface area contributed by atoms with Crippen LogP contribution in [0.4, 0.5) is 0 Å². The quantitative estimate of drug-likeness (QED) is 0.348. The largest absolute Gasteiger partial charge is 0.444 e. The van der Waals surface area contributed by atoms with Gasteiger partial charge in [-0.15, -0.1) is 24.0 Å². The Hall–Kier alpha value is -1.61. The summed E-state index contributed by atoms with van der Waals surface area (Å²) in [5.41, 5.74) is 2.26. The molecule has 29 heavy (non-hydrogen) atoms. The van der Waals surface area contributed by atoms with Crippen LogP contribution in [-0.4, -0.2) is 42.5 Å². The fraction of sp³-hybridized carbons (Fsp3) is 0.545. The van der Waals surface area contributed by atoms with Crippen molar-refractivity contribution in [2.45, 2.75) is 46.2 Å². The van der Waals surface area contributed by atoms with Crippen LogP contribution >= 0.6 is 24.0 Å². The van der Waals surface area contributed by atoms with E-state index < -0.39 is 0 Å². The standard InChI is InChI=1S/C22H33N5O.HI/c1-16-18(3)28-21(25-16)15-27-12-10-19(11-13-27)14-24-22(23-4)26-17(2)20-8-6-5-7-9-20;/h5-9,17,19H,10-15H2,1-4H3,(H2,23,24,26);1H. The molecule has 0 aliphatic carbocycles. The van der Waals surface area contributed by atoms with Crippen molar-refractivity contribution in [3.63, 3.8) is 0 Å². The first-order valence-corrected chi connectivity index (χ1v) is 10.2. The monoisotopic (exact) mass is 511 g/mol. The van der Waals surface area contributed by atoms with Crippen molar-refractivity contribution in [3.8, 4) is 0 Å². The van der Waals surface area contributed by atoms with E-state index in [1.165, 1.54) is 18.4 Å². The maximum absolute atomic E-state index is 5.72. The minimum atomic E-state index is 0. The van der Waals surface area contributed by atoms with Crippen LogP contribution in [0.15, 0.2) is 39.7 Å². The van der Waals surface area contributed by atoms with Crippen LogP contribution in [0.1, 0.15) is 48.7 Å². The molecule has 1 aromatic heterocycles. The number of halogens is 1. The second kappa shape index (κ2) is 11.5. The number of nitrogens with one attached hydrogen (secondary N) is 2. The first kappa shape index (κ1) is 23.7. The van der Waals surface area contributed by atoms with Gasteiger partial charge in [-0.2, -0.15) is 0 Å². The molecular weight excluding hydrogens is 477 g/mol. The number of aliphatic imine (C=N–C) groups is 1. The van der Waals surface area contributed by atoms with E-state index in [0.717, 1.165) is 49.5 Å². The minimum absolute atomic E-state index is 0. The summed E-state index contributed by atoms with van der Waals surface area (Å²) in [4.78, 5) is 11.3. The zero-order valence-electron chi connectivity index (χ0n) is 17.9. The molecule has 1 unspecified atom stereocenters. The van der Waals surface area contributed by atoms with Gasteiger partial charge in [-0.1, -0.05) is 30.3 Å². The van der Waals surface area contributed by atoms with Gasteiger partial charge in [0.25, 0.3) is 0 Å². The van der Waals surface area contributed by atoms with Gasteiger partial charge < -0.3 is 15.1 Å². The molecule has 6 nitrogen and oxygen atoms in total. The van der Waals surface area contributed by atoms with Crippen molar-refractivity contribution in [1.29, 1.82) is 0 Å². The Labute approximate surface area is 191 Å². The average Bonchev–Trinajstić information content (AvgIpc) is 3.03. The first-order valence-electron chi connectivity index (χ1n) is 10.2. The summed E-state index contributed by atoms with van der Waals surface area (Å²) < 4.78 is 5.72. The van der Waals surface area contributed by atoms with E-state index in [9.17, 15) is 0 Å². The maximum Gasteiger partial charge on any atom is 0.208 e. The third-order valence-corrected chi connectivity index (χ3v) is 5.57. The molecule has 2 aromatic rings. The van der Waals surface area contributed by atoms with E-state index in [-0.39, 0.29) is 30.0 Å². The van der Waals surface area contributed by atoms with Crippen LogP contribution in [0, 0.1) is 19.8 Å². The lowest BCUT2D eigenvalue weighted by Crippen LogP contribution is -2.43. The number of oxazole rings is 1. The van der Waals surface area contributed by atoms with E-state index in [4.69, 9.17) is 4.42 Å². The number of piperidine rings is 1. The fourth-order valence-corrected chi connectivity index (χ4v) is 3.61. The number of guanidine groups is 1. The van der Waals surface area contributed by atoms with Gasteiger partial charge in [0.1, 0.15) is 5.76 Å². The number of benzene rings is 1. The van der Waals surface area contributed by atoms with Gasteiger partial charge in [-0.3, -0.25) is 9.89 Å². The highest BCUT2D eigenvalue weighted by Crippen LogP contribution is 2.19. The molecule has 1 atom stereocenters. The van der Waals surface area contributed by atoms with Gasteiger partial charge in [-0.05, 0) is 58.2 Å². The maximum atomic E-state index is 5.72. The molecule has 2 N–H and O–H groups in total. The molecule has 2 heterocycles. The van der Waals surface area contributed by atoms with Gasteiger partial charge >= 0.3 is 0 Å². The van der Waals surface area contributed by atoms with Crippen molar-refractivity contribution in [2.75, 3.05) is 26.7 Å². The smallest absolute Gasteiger partial charge is 0.208 e. The number of aromatic nitrogens is 1. The Kier molecular flexibility index (Phi) is 9.42. The van der Waals surface area contributed by atoms with Gasteiger partial charge in [-0.25, -0.2) is 4.98 Å². The number of likely N-dealkylation sites (tertiary alicyclic amines) is 1. The Morgan fingerprint density at radius 2 is 1.93 bits per heavy atom. The molecule has 0 saturated carbocycles. The highest BCUT2D eigenvalue weighted by atomic mass is 127. The lowest BCUT2D eigenvalue weighted by molar-refractivity contribution is 0.164. The molecule has 1 aromatic carbocycles. The summed E-state index contributed by atoms with van der Waals surface area (Å²) in [7, 11) is 1.83. The Bertz CT molecular complexity index is 749. The normalized spacial score (nSPS) is 16.9. The number of rotatable bonds is 6. The average molecular weight is 511 g/mol. The zero-order valence-corrected chi connectivity index (χ0v) is 20.3. The van der Waals surface area contributed by atoms with Gasteiger partial charge in [0.05, 0.1) is 18.3 Å². The van der Waals surface area contributed by atoms with Gasteiger partial charge in [0.2, 0.25) is 5.89 Å². The third kappa shape index (κ3) is 6.99. The van der Waals surface area contributed by atoms with Crippen LogP contribution in [0.3, 0.4) is 0 Å². The summed E-state index contributed by atoms with van der Waals surface area (Å²) >= 11 is 0. The molecular formula is C22H34IN5O. The molecule has 7 heteroatoms. The molecule has 0 radical (unpaired) electrons. The minimum Gasteiger partial charge on any atom is -0.444 e. The molecule has 160 valence electrons. The summed E-state index contributed by atoms with van der Waals surface area (Å²) in [6.45, 7) is 10.1. The van der Waals surface area contributed by atoms with Gasteiger partial charge in [0.15, 0.2) is 5.96 Å². The molecule has 1 saturated heterocycles. The molecule has 1 aliphatic rings. The number of hydrogen-bond donors (Lipinski definition) is 2. The second-order valence-corrected chi connectivity index (χ2v) is 7.70. The van der Waals surface area contributed by atoms with Crippen LogP contribution in [0.2, 0.25) is 0 Å². The van der Waals surface area contributed by atoms with Crippen molar-refractivity contribution in [3.05, 3.63) is 53.2 Å². The number of aryl methyl sites for hydroxylation is 2. The van der Waals surface area contributed by atoms with Gasteiger partial charge in [0, 0.05) is 13.6 Å². The van der Waals surface area contributed by atoms with Crippen LogP contribution in [-0.2, 0) is 6.54 Å². The van der Waals surface area contributed by atoms with Crippen LogP contribution < -0.4 is 10.6 Å². The summed E-state index contributed by atoms with van der Waals surface area (Å²) in [6, 6.07) is 10.7. The van der Waals surface area contributed by atoms with Crippen molar-refractivity contribution < 1.29 is 4.42 Å². The highest BCUT2D eigenvalue weighted by Gasteiger charge is 2.21. The molecule has 0 bridgehead atoms. The van der Waals surface area contributed by atoms with Crippen molar-refractivity contribution >= 4 is 29.9 Å². The lowest BCUT2D eigenvalue weighted by atomic mass is 9.97. The SMILES string of the molecule is CN=C(NCC1CCN(Cc2nc(C)c(C)o2)CC1)NC(C)c1ccccc1.I. The lowest BCUT2D eigenvalue weighted by Gasteiger charge is -2.31. The third-order valence-electron chi connectivity index (χ3n) is 5.57. The Morgan fingerprint density at radius 3 is 2.52 bits per heavy atom. The van der Waals surface area contributed by atoms with E-state index >= 15 is 0 Å². The molecule has 1 fully saturated rings. The summed E-state index contributed by atoms with van der Waals surface area (Å²) in [5.74, 6) is 3.29. The highest BCUT2D eigenvalue weighted by molar-refractivity contribution is 14.0. The Balaban J connectivity index is 0.00000300. The molecule has 0 amide bonds. The molecule has 1 aliphatic heterocycles. The van der Waals surface area contributed by atoms with Crippen LogP contribution in [0.5, 0.6) is 0 Å².